The molecule has 1 unspecified atom stereocenters. The number of aliphatic hydroxyl groups excluding tert-OH is 1. The van der Waals surface area contributed by atoms with Gasteiger partial charge in [0.25, 0.3) is 0 Å². The van der Waals surface area contributed by atoms with Gasteiger partial charge in [-0.25, -0.2) is 4.79 Å². The van der Waals surface area contributed by atoms with E-state index in [1.54, 1.807) is 21.1 Å². The maximum Gasteiger partial charge on any atom is 0.317 e. The quantitative estimate of drug-likeness (QED) is 0.857. The molecule has 2 aromatic carbocycles. The van der Waals surface area contributed by atoms with Crippen LogP contribution in [0.25, 0.3) is 11.1 Å². The predicted molar refractivity (Wildman–Crippen MR) is 95.0 cm³/mol. The summed E-state index contributed by atoms with van der Waals surface area (Å²) >= 11 is 0. The van der Waals surface area contributed by atoms with E-state index in [1.165, 1.54) is 4.90 Å². The van der Waals surface area contributed by atoms with Crippen LogP contribution in [0.3, 0.4) is 0 Å². The molecule has 2 aromatic rings. The van der Waals surface area contributed by atoms with Crippen LogP contribution < -0.4 is 10.1 Å². The molecule has 0 aromatic heterocycles. The first kappa shape index (κ1) is 17.8. The lowest BCUT2D eigenvalue weighted by atomic mass is 10.0. The third-order valence-corrected chi connectivity index (χ3v) is 4.05. The Balaban J connectivity index is 1.98. The third-order valence-electron chi connectivity index (χ3n) is 4.05. The number of hydrogen-bond acceptors (Lipinski definition) is 3. The highest BCUT2D eigenvalue weighted by Crippen LogP contribution is 2.24. The summed E-state index contributed by atoms with van der Waals surface area (Å²) in [5, 5.41) is 11.9. The molecule has 2 amide bonds. The number of methoxy groups -OCH3 is 1. The number of nitrogens with zero attached hydrogens (tertiary/aromatic N) is 1. The van der Waals surface area contributed by atoms with Crippen molar-refractivity contribution in [1.82, 2.24) is 10.2 Å². The fraction of sp³-hybridized carbons (Fsp3) is 0.316. The Kier molecular flexibility index (Phi) is 6.21. The summed E-state index contributed by atoms with van der Waals surface area (Å²) in [7, 11) is 3.32. The Hall–Kier alpha value is -2.53. The molecule has 128 valence electrons. The van der Waals surface area contributed by atoms with Crippen molar-refractivity contribution in [3.8, 4) is 16.9 Å². The van der Waals surface area contributed by atoms with Crippen LogP contribution in [-0.4, -0.2) is 42.8 Å². The van der Waals surface area contributed by atoms with Crippen LogP contribution in [0.1, 0.15) is 12.5 Å². The molecule has 2 rings (SSSR count). The SMILES string of the molecule is COc1cccc(-c2ccc(CNC(=O)N(C)C(C)CO)cc2)c1. The molecular formula is C19H24N2O3. The largest absolute Gasteiger partial charge is 0.497 e. The van der Waals surface area contributed by atoms with E-state index in [0.29, 0.717) is 6.54 Å². The van der Waals surface area contributed by atoms with Crippen molar-refractivity contribution in [2.45, 2.75) is 19.5 Å². The van der Waals surface area contributed by atoms with Crippen molar-refractivity contribution < 1.29 is 14.6 Å². The van der Waals surface area contributed by atoms with Gasteiger partial charge in [-0.05, 0) is 35.7 Å². The highest BCUT2D eigenvalue weighted by molar-refractivity contribution is 5.74. The fourth-order valence-corrected chi connectivity index (χ4v) is 2.24. The highest BCUT2D eigenvalue weighted by Gasteiger charge is 2.14. The summed E-state index contributed by atoms with van der Waals surface area (Å²) in [6.45, 7) is 2.18. The van der Waals surface area contributed by atoms with Crippen molar-refractivity contribution in [1.29, 1.82) is 0 Å². The van der Waals surface area contributed by atoms with Crippen molar-refractivity contribution in [3.05, 3.63) is 54.1 Å². The van der Waals surface area contributed by atoms with Gasteiger partial charge in [-0.1, -0.05) is 36.4 Å². The maximum absolute atomic E-state index is 12.0. The van der Waals surface area contributed by atoms with Crippen LogP contribution >= 0.6 is 0 Å². The standard InChI is InChI=1S/C19H24N2O3/c1-14(13-22)21(2)19(23)20-12-15-7-9-16(10-8-15)17-5-4-6-18(11-17)24-3/h4-11,14,22H,12-13H2,1-3H3,(H,20,23). The van der Waals surface area contributed by atoms with Crippen molar-refractivity contribution in [3.63, 3.8) is 0 Å². The minimum Gasteiger partial charge on any atom is -0.497 e. The van der Waals surface area contributed by atoms with Crippen molar-refractivity contribution >= 4 is 6.03 Å². The Bertz CT molecular complexity index is 671. The van der Waals surface area contributed by atoms with E-state index >= 15 is 0 Å². The van der Waals surface area contributed by atoms with E-state index in [4.69, 9.17) is 9.84 Å². The van der Waals surface area contributed by atoms with Crippen molar-refractivity contribution in [2.75, 3.05) is 20.8 Å². The van der Waals surface area contributed by atoms with E-state index in [1.807, 2.05) is 48.5 Å². The van der Waals surface area contributed by atoms with Gasteiger partial charge in [-0.2, -0.15) is 0 Å². The summed E-state index contributed by atoms with van der Waals surface area (Å²) in [6.07, 6.45) is 0. The predicted octanol–water partition coefficient (Wildman–Crippen LogP) is 2.88. The molecule has 5 nitrogen and oxygen atoms in total. The number of rotatable bonds is 6. The molecule has 0 aliphatic rings. The molecule has 0 saturated carbocycles. The summed E-state index contributed by atoms with van der Waals surface area (Å²) < 4.78 is 5.25. The van der Waals surface area contributed by atoms with Gasteiger partial charge < -0.3 is 20.1 Å². The van der Waals surface area contributed by atoms with Gasteiger partial charge in [0.15, 0.2) is 0 Å². The molecule has 0 aliphatic carbocycles. The van der Waals surface area contributed by atoms with E-state index in [0.717, 1.165) is 22.4 Å². The second-order valence-corrected chi connectivity index (χ2v) is 5.73. The van der Waals surface area contributed by atoms with Gasteiger partial charge in [-0.15, -0.1) is 0 Å². The average Bonchev–Trinajstić information content (AvgIpc) is 2.65. The molecule has 0 spiro atoms. The number of likely N-dealkylation sites (N-methyl/N-ethyl adjacent to an activating group) is 1. The Morgan fingerprint density at radius 2 is 1.92 bits per heavy atom. The topological polar surface area (TPSA) is 61.8 Å². The zero-order valence-corrected chi connectivity index (χ0v) is 14.3. The number of benzene rings is 2. The van der Waals surface area contributed by atoms with Gasteiger partial charge in [0.05, 0.1) is 19.8 Å². The molecule has 0 radical (unpaired) electrons. The fourth-order valence-electron chi connectivity index (χ4n) is 2.24. The molecule has 0 aliphatic heterocycles. The first-order valence-electron chi connectivity index (χ1n) is 7.90. The van der Waals surface area contributed by atoms with Gasteiger partial charge in [0, 0.05) is 13.6 Å². The number of nitrogens with one attached hydrogen (secondary N) is 1. The van der Waals surface area contributed by atoms with Gasteiger partial charge >= 0.3 is 6.03 Å². The molecule has 1 atom stereocenters. The van der Waals surface area contributed by atoms with E-state index in [9.17, 15) is 4.79 Å². The van der Waals surface area contributed by atoms with E-state index in [2.05, 4.69) is 5.32 Å². The third kappa shape index (κ3) is 4.49. The summed E-state index contributed by atoms with van der Waals surface area (Å²) in [5.74, 6) is 0.824. The summed E-state index contributed by atoms with van der Waals surface area (Å²) in [4.78, 5) is 13.5. The van der Waals surface area contributed by atoms with Gasteiger partial charge in [-0.3, -0.25) is 0 Å². The minimum absolute atomic E-state index is 0.0564. The Morgan fingerprint density at radius 3 is 2.54 bits per heavy atom. The van der Waals surface area contributed by atoms with Crippen molar-refractivity contribution in [2.24, 2.45) is 0 Å². The second kappa shape index (κ2) is 8.36. The Morgan fingerprint density at radius 1 is 1.21 bits per heavy atom. The van der Waals surface area contributed by atoms with Crippen LogP contribution in [0.2, 0.25) is 0 Å². The zero-order valence-electron chi connectivity index (χ0n) is 14.3. The monoisotopic (exact) mass is 328 g/mol. The smallest absolute Gasteiger partial charge is 0.317 e. The molecule has 5 heteroatoms. The maximum atomic E-state index is 12.0. The van der Waals surface area contributed by atoms with Crippen LogP contribution in [-0.2, 0) is 6.54 Å². The number of amides is 2. The molecule has 2 N–H and O–H groups in total. The average molecular weight is 328 g/mol. The number of urea groups is 1. The Labute approximate surface area is 142 Å². The number of ether oxygens (including phenoxy) is 1. The first-order valence-corrected chi connectivity index (χ1v) is 7.90. The number of aliphatic hydroxyl groups is 1. The lowest BCUT2D eigenvalue weighted by molar-refractivity contribution is 0.157. The zero-order chi connectivity index (χ0) is 17.5. The van der Waals surface area contributed by atoms with Crippen LogP contribution in [0.15, 0.2) is 48.5 Å². The van der Waals surface area contributed by atoms with Crippen LogP contribution in [0, 0.1) is 0 Å². The van der Waals surface area contributed by atoms with E-state index < -0.39 is 0 Å². The number of carbonyl (C=O) groups excluding carboxylic acids is 1. The number of hydrogen-bond donors (Lipinski definition) is 2. The summed E-state index contributed by atoms with van der Waals surface area (Å²) in [5.41, 5.74) is 3.19. The number of carbonyl (C=O) groups is 1. The molecule has 0 heterocycles. The lowest BCUT2D eigenvalue weighted by Gasteiger charge is -2.23. The van der Waals surface area contributed by atoms with Gasteiger partial charge in [0.1, 0.15) is 5.75 Å². The highest BCUT2D eigenvalue weighted by atomic mass is 16.5. The molecule has 0 fully saturated rings. The summed E-state index contributed by atoms with van der Waals surface area (Å²) in [6, 6.07) is 15.5. The van der Waals surface area contributed by atoms with E-state index in [-0.39, 0.29) is 18.7 Å². The second-order valence-electron chi connectivity index (χ2n) is 5.73. The lowest BCUT2D eigenvalue weighted by Crippen LogP contribution is -2.43. The van der Waals surface area contributed by atoms with Gasteiger partial charge in [0.2, 0.25) is 0 Å². The molecular weight excluding hydrogens is 304 g/mol. The molecule has 0 bridgehead atoms. The minimum atomic E-state index is -0.208. The molecule has 0 saturated heterocycles. The first-order chi connectivity index (χ1) is 11.5. The van der Waals surface area contributed by atoms with Crippen LogP contribution in [0.5, 0.6) is 5.75 Å². The normalized spacial score (nSPS) is 11.7. The van der Waals surface area contributed by atoms with Crippen LogP contribution in [0.4, 0.5) is 4.79 Å². The molecule has 24 heavy (non-hydrogen) atoms.